The van der Waals surface area contributed by atoms with E-state index in [0.717, 1.165) is 37.2 Å². The molecular formula is C19H20Cl2F3N5O2. The van der Waals surface area contributed by atoms with Crippen molar-refractivity contribution >= 4 is 41.0 Å². The van der Waals surface area contributed by atoms with Crippen molar-refractivity contribution in [2.24, 2.45) is 0 Å². The number of hydrazine groups is 1. The second-order valence-corrected chi connectivity index (χ2v) is 7.21. The number of benzene rings is 1. The molecule has 1 aromatic heterocycles. The lowest BCUT2D eigenvalue weighted by Crippen LogP contribution is -2.47. The highest BCUT2D eigenvalue weighted by molar-refractivity contribution is 6.42. The summed E-state index contributed by atoms with van der Waals surface area (Å²) in [7, 11) is 0. The van der Waals surface area contributed by atoms with Crippen molar-refractivity contribution in [3.8, 4) is 0 Å². The lowest BCUT2D eigenvalue weighted by atomic mass is 9.72. The van der Waals surface area contributed by atoms with Gasteiger partial charge in [0.1, 0.15) is 0 Å². The van der Waals surface area contributed by atoms with Crippen LogP contribution in [0.25, 0.3) is 0 Å². The van der Waals surface area contributed by atoms with E-state index in [1.807, 2.05) is 19.9 Å². The highest BCUT2D eigenvalue weighted by Gasteiger charge is 2.40. The zero-order chi connectivity index (χ0) is 23.2. The fraction of sp³-hybridized carbons (Fsp3) is 0.368. The number of rotatable bonds is 4. The van der Waals surface area contributed by atoms with Gasteiger partial charge in [0.15, 0.2) is 0 Å². The maximum absolute atomic E-state index is 12.1. The van der Waals surface area contributed by atoms with E-state index in [1.165, 1.54) is 5.43 Å². The van der Waals surface area contributed by atoms with Gasteiger partial charge < -0.3 is 5.32 Å². The number of carbonyl (C=O) groups excluding carboxylic acids is 2. The Bertz CT molecular complexity index is 935. The van der Waals surface area contributed by atoms with Crippen LogP contribution in [0.5, 0.6) is 0 Å². The third kappa shape index (κ3) is 5.98. The van der Waals surface area contributed by atoms with E-state index in [4.69, 9.17) is 23.2 Å². The standard InChI is InChI=1S/C17H14Cl2F3N5O2.C2H6/c18-11-3-2-10(6-12(11)19)16(4-1-5-16)25-15-23-7-9(8-24-15)13(28)26-27-14(29)17(20,21)22;1-2/h2-3,6-8H,1,4-5H2,(H,26,28)(H,27,29)(H,23,24,25);1-2H3. The summed E-state index contributed by atoms with van der Waals surface area (Å²) >= 11 is 12.1. The molecule has 0 atom stereocenters. The third-order valence-electron chi connectivity index (χ3n) is 4.49. The molecule has 0 saturated heterocycles. The molecule has 1 heterocycles. The number of halogens is 5. The Morgan fingerprint density at radius 2 is 1.65 bits per heavy atom. The molecule has 1 fully saturated rings. The van der Waals surface area contributed by atoms with Gasteiger partial charge in [-0.2, -0.15) is 13.2 Å². The predicted octanol–water partition coefficient (Wildman–Crippen LogP) is 4.62. The quantitative estimate of drug-likeness (QED) is 0.558. The first-order valence-corrected chi connectivity index (χ1v) is 10.1. The Kier molecular flexibility index (Phi) is 8.08. The zero-order valence-electron chi connectivity index (χ0n) is 16.6. The van der Waals surface area contributed by atoms with Crippen molar-refractivity contribution < 1.29 is 22.8 Å². The lowest BCUT2D eigenvalue weighted by Gasteiger charge is -2.43. The van der Waals surface area contributed by atoms with Crippen LogP contribution in [-0.4, -0.2) is 28.0 Å². The molecule has 2 aromatic rings. The van der Waals surface area contributed by atoms with Crippen LogP contribution in [0.15, 0.2) is 30.6 Å². The fourth-order valence-electron chi connectivity index (χ4n) is 2.79. The van der Waals surface area contributed by atoms with Gasteiger partial charge in [-0.25, -0.2) is 9.97 Å². The van der Waals surface area contributed by atoms with Gasteiger partial charge >= 0.3 is 12.1 Å². The molecule has 7 nitrogen and oxygen atoms in total. The molecule has 3 rings (SSSR count). The minimum absolute atomic E-state index is 0.129. The first kappa shape index (κ1) is 24.7. The fourth-order valence-corrected chi connectivity index (χ4v) is 3.09. The van der Waals surface area contributed by atoms with Crippen molar-refractivity contribution in [1.82, 2.24) is 20.8 Å². The van der Waals surface area contributed by atoms with Crippen molar-refractivity contribution in [2.75, 3.05) is 5.32 Å². The van der Waals surface area contributed by atoms with Gasteiger partial charge in [0.2, 0.25) is 5.95 Å². The van der Waals surface area contributed by atoms with E-state index in [1.54, 1.807) is 17.6 Å². The summed E-state index contributed by atoms with van der Waals surface area (Å²) in [6.45, 7) is 4.00. The van der Waals surface area contributed by atoms with E-state index in [9.17, 15) is 22.8 Å². The summed E-state index contributed by atoms with van der Waals surface area (Å²) in [6, 6.07) is 5.32. The van der Waals surface area contributed by atoms with Crippen LogP contribution in [0, 0.1) is 0 Å². The first-order valence-electron chi connectivity index (χ1n) is 9.34. The highest BCUT2D eigenvalue weighted by atomic mass is 35.5. The molecule has 0 spiro atoms. The smallest absolute Gasteiger partial charge is 0.345 e. The summed E-state index contributed by atoms with van der Waals surface area (Å²) in [6.07, 6.45) is -0.261. The van der Waals surface area contributed by atoms with Crippen LogP contribution in [-0.2, 0) is 10.3 Å². The van der Waals surface area contributed by atoms with Gasteiger partial charge in [-0.15, -0.1) is 0 Å². The van der Waals surface area contributed by atoms with Crippen molar-refractivity contribution in [3.63, 3.8) is 0 Å². The summed E-state index contributed by atoms with van der Waals surface area (Å²) in [5.74, 6) is -3.05. The van der Waals surface area contributed by atoms with E-state index >= 15 is 0 Å². The summed E-state index contributed by atoms with van der Waals surface area (Å²) < 4.78 is 36.4. The number of anilines is 1. The van der Waals surface area contributed by atoms with Crippen molar-refractivity contribution in [2.45, 2.75) is 44.8 Å². The van der Waals surface area contributed by atoms with Gasteiger partial charge in [-0.1, -0.05) is 43.1 Å². The third-order valence-corrected chi connectivity index (χ3v) is 5.23. The Morgan fingerprint density at radius 1 is 1.03 bits per heavy atom. The van der Waals surface area contributed by atoms with E-state index in [2.05, 4.69) is 15.3 Å². The maximum Gasteiger partial charge on any atom is 0.472 e. The Balaban J connectivity index is 0.00000166. The van der Waals surface area contributed by atoms with E-state index in [-0.39, 0.29) is 11.5 Å². The predicted molar refractivity (Wildman–Crippen MR) is 111 cm³/mol. The second kappa shape index (κ2) is 10.1. The summed E-state index contributed by atoms with van der Waals surface area (Å²) in [4.78, 5) is 30.6. The molecule has 1 aromatic carbocycles. The number of nitrogens with one attached hydrogen (secondary N) is 3. The Morgan fingerprint density at radius 3 is 2.13 bits per heavy atom. The molecule has 1 aliphatic rings. The molecule has 1 aliphatic carbocycles. The van der Waals surface area contributed by atoms with Gasteiger partial charge in [0.25, 0.3) is 5.91 Å². The Labute approximate surface area is 186 Å². The molecule has 0 unspecified atom stereocenters. The molecule has 3 N–H and O–H groups in total. The van der Waals surface area contributed by atoms with E-state index in [0.29, 0.717) is 10.0 Å². The molecule has 0 aliphatic heterocycles. The number of amides is 2. The average molecular weight is 478 g/mol. The largest absolute Gasteiger partial charge is 0.472 e. The molecule has 168 valence electrons. The summed E-state index contributed by atoms with van der Waals surface area (Å²) in [5, 5.41) is 4.08. The summed E-state index contributed by atoms with van der Waals surface area (Å²) in [5.41, 5.74) is 3.27. The number of carbonyl (C=O) groups is 2. The average Bonchev–Trinajstić information content (AvgIpc) is 2.72. The van der Waals surface area contributed by atoms with E-state index < -0.39 is 23.5 Å². The highest BCUT2D eigenvalue weighted by Crippen LogP contribution is 2.44. The Hall–Kier alpha value is -2.59. The molecule has 2 amide bonds. The minimum atomic E-state index is -5.11. The lowest BCUT2D eigenvalue weighted by molar-refractivity contribution is -0.174. The first-order chi connectivity index (χ1) is 14.6. The van der Waals surface area contributed by atoms with Gasteiger partial charge in [-0.3, -0.25) is 20.4 Å². The number of aromatic nitrogens is 2. The van der Waals surface area contributed by atoms with Crippen molar-refractivity contribution in [3.05, 3.63) is 51.8 Å². The zero-order valence-corrected chi connectivity index (χ0v) is 18.1. The molecule has 1 saturated carbocycles. The number of nitrogens with zero attached hydrogens (tertiary/aromatic N) is 2. The van der Waals surface area contributed by atoms with Gasteiger partial charge in [-0.05, 0) is 37.0 Å². The van der Waals surface area contributed by atoms with Crippen LogP contribution in [0.4, 0.5) is 19.1 Å². The monoisotopic (exact) mass is 477 g/mol. The van der Waals surface area contributed by atoms with Gasteiger partial charge in [0, 0.05) is 12.4 Å². The second-order valence-electron chi connectivity index (χ2n) is 6.39. The van der Waals surface area contributed by atoms with Crippen molar-refractivity contribution in [1.29, 1.82) is 0 Å². The molecule has 31 heavy (non-hydrogen) atoms. The molecule has 0 bridgehead atoms. The normalized spacial score (nSPS) is 14.4. The SMILES string of the molecule is CC.O=C(NNC(=O)C(F)(F)F)c1cnc(NC2(c3ccc(Cl)c(Cl)c3)CCC2)nc1. The molecular weight excluding hydrogens is 458 g/mol. The maximum atomic E-state index is 12.1. The van der Waals surface area contributed by atoms with Crippen LogP contribution in [0.3, 0.4) is 0 Å². The van der Waals surface area contributed by atoms with Crippen LogP contribution in [0.1, 0.15) is 49.0 Å². The molecule has 12 heteroatoms. The van der Waals surface area contributed by atoms with Crippen LogP contribution >= 0.6 is 23.2 Å². The van der Waals surface area contributed by atoms with Crippen LogP contribution in [0.2, 0.25) is 10.0 Å². The number of hydrogen-bond donors (Lipinski definition) is 3. The molecule has 0 radical (unpaired) electrons. The van der Waals surface area contributed by atoms with Gasteiger partial charge in [0.05, 0.1) is 21.1 Å². The number of alkyl halides is 3. The minimum Gasteiger partial charge on any atom is -0.345 e. The van der Waals surface area contributed by atoms with Crippen LogP contribution < -0.4 is 16.2 Å². The number of hydrogen-bond acceptors (Lipinski definition) is 5. The topological polar surface area (TPSA) is 96.0 Å².